The van der Waals surface area contributed by atoms with E-state index in [1.54, 1.807) is 4.90 Å². The third-order valence-corrected chi connectivity index (χ3v) is 6.31. The van der Waals surface area contributed by atoms with Gasteiger partial charge >= 0.3 is 0 Å². The number of amides is 2. The van der Waals surface area contributed by atoms with Crippen LogP contribution < -0.4 is 15.0 Å². The number of benzene rings is 1. The van der Waals surface area contributed by atoms with Crippen LogP contribution in [-0.2, 0) is 20.9 Å². The van der Waals surface area contributed by atoms with Crippen molar-refractivity contribution < 1.29 is 19.1 Å². The summed E-state index contributed by atoms with van der Waals surface area (Å²) < 4.78 is 11.2. The third kappa shape index (κ3) is 6.70. The highest BCUT2D eigenvalue weighted by Crippen LogP contribution is 2.19. The Morgan fingerprint density at radius 1 is 1.15 bits per heavy atom. The number of aromatic nitrogens is 1. The summed E-state index contributed by atoms with van der Waals surface area (Å²) in [6.45, 7) is 6.36. The summed E-state index contributed by atoms with van der Waals surface area (Å²) in [4.78, 5) is 34.0. The van der Waals surface area contributed by atoms with E-state index in [0.29, 0.717) is 39.3 Å². The highest BCUT2D eigenvalue weighted by molar-refractivity contribution is 5.81. The molecule has 4 rings (SSSR count). The second-order valence-electron chi connectivity index (χ2n) is 8.96. The number of rotatable bonds is 8. The molecule has 8 nitrogen and oxygen atoms in total. The second-order valence-corrected chi connectivity index (χ2v) is 8.96. The summed E-state index contributed by atoms with van der Waals surface area (Å²) in [6.07, 6.45) is 3.95. The quantitative estimate of drug-likeness (QED) is 0.644. The van der Waals surface area contributed by atoms with Gasteiger partial charge in [-0.1, -0.05) is 24.3 Å². The fraction of sp³-hybridized carbons (Fsp3) is 0.500. The number of carbonyl (C=O) groups is 2. The Bertz CT molecular complexity index is 938. The fourth-order valence-electron chi connectivity index (χ4n) is 4.42. The molecule has 2 fully saturated rings. The molecule has 0 saturated carbocycles. The topological polar surface area (TPSA) is 84.0 Å². The van der Waals surface area contributed by atoms with Crippen molar-refractivity contribution in [3.05, 3.63) is 54.2 Å². The minimum absolute atomic E-state index is 0.0101. The van der Waals surface area contributed by atoms with E-state index in [4.69, 9.17) is 9.47 Å². The number of hydrogen-bond donors (Lipinski definition) is 1. The van der Waals surface area contributed by atoms with Crippen molar-refractivity contribution in [1.82, 2.24) is 15.2 Å². The first-order valence-corrected chi connectivity index (χ1v) is 12.1. The Labute approximate surface area is 201 Å². The van der Waals surface area contributed by atoms with Gasteiger partial charge in [0.2, 0.25) is 11.8 Å². The number of para-hydroxylation sites is 1. The lowest BCUT2D eigenvalue weighted by Gasteiger charge is -2.32. The molecule has 2 unspecified atom stereocenters. The molecule has 2 saturated heterocycles. The lowest BCUT2D eigenvalue weighted by Crippen LogP contribution is -2.45. The molecule has 0 bridgehead atoms. The summed E-state index contributed by atoms with van der Waals surface area (Å²) in [5.41, 5.74) is 0.959. The second kappa shape index (κ2) is 11.8. The predicted molar refractivity (Wildman–Crippen MR) is 130 cm³/mol. The maximum absolute atomic E-state index is 12.8. The molecule has 1 N–H and O–H groups in total. The first-order valence-electron chi connectivity index (χ1n) is 12.1. The van der Waals surface area contributed by atoms with Crippen LogP contribution in [0.3, 0.4) is 0 Å². The molecule has 2 atom stereocenters. The number of likely N-dealkylation sites (tertiary alicyclic amines) is 1. The molecule has 2 aromatic rings. The van der Waals surface area contributed by atoms with Gasteiger partial charge in [-0.05, 0) is 43.5 Å². The molecular weight excluding hydrogens is 432 g/mol. The van der Waals surface area contributed by atoms with Crippen LogP contribution in [0, 0.1) is 5.92 Å². The van der Waals surface area contributed by atoms with Gasteiger partial charge in [0, 0.05) is 38.9 Å². The van der Waals surface area contributed by atoms with Crippen LogP contribution in [0.4, 0.5) is 5.82 Å². The van der Waals surface area contributed by atoms with Gasteiger partial charge in [0.05, 0.1) is 31.7 Å². The number of nitrogens with one attached hydrogen (secondary N) is 1. The van der Waals surface area contributed by atoms with E-state index in [9.17, 15) is 9.59 Å². The largest absolute Gasteiger partial charge is 0.493 e. The zero-order valence-corrected chi connectivity index (χ0v) is 19.8. The van der Waals surface area contributed by atoms with Crippen molar-refractivity contribution in [2.24, 2.45) is 5.92 Å². The average Bonchev–Trinajstić information content (AvgIpc) is 2.88. The number of carbonyl (C=O) groups excluding carboxylic acids is 2. The zero-order valence-electron chi connectivity index (χ0n) is 19.8. The number of pyridine rings is 1. The van der Waals surface area contributed by atoms with Crippen LogP contribution in [0.15, 0.2) is 48.7 Å². The predicted octanol–water partition coefficient (Wildman–Crippen LogP) is 2.63. The van der Waals surface area contributed by atoms with Crippen molar-refractivity contribution in [1.29, 1.82) is 0 Å². The molecule has 2 amide bonds. The maximum Gasteiger partial charge on any atom is 0.226 e. The first-order chi connectivity index (χ1) is 16.6. The lowest BCUT2D eigenvalue weighted by molar-refractivity contribution is -0.136. The zero-order chi connectivity index (χ0) is 23.8. The molecule has 0 spiro atoms. The molecule has 0 radical (unpaired) electrons. The van der Waals surface area contributed by atoms with Gasteiger partial charge in [0.15, 0.2) is 0 Å². The van der Waals surface area contributed by atoms with E-state index in [1.165, 1.54) is 0 Å². The maximum atomic E-state index is 12.8. The number of piperidine rings is 1. The van der Waals surface area contributed by atoms with Crippen molar-refractivity contribution >= 4 is 17.6 Å². The number of hydrogen-bond acceptors (Lipinski definition) is 6. The van der Waals surface area contributed by atoms with E-state index in [2.05, 4.69) is 22.1 Å². The van der Waals surface area contributed by atoms with Gasteiger partial charge in [0.25, 0.3) is 0 Å². The molecule has 2 aliphatic heterocycles. The molecule has 1 aromatic heterocycles. The number of morpholine rings is 1. The Morgan fingerprint density at radius 3 is 2.76 bits per heavy atom. The van der Waals surface area contributed by atoms with Crippen molar-refractivity contribution in [3.63, 3.8) is 0 Å². The molecule has 0 aliphatic carbocycles. The van der Waals surface area contributed by atoms with Crippen LogP contribution in [0.25, 0.3) is 0 Å². The molecule has 1 aromatic carbocycles. The fourth-order valence-corrected chi connectivity index (χ4v) is 4.42. The smallest absolute Gasteiger partial charge is 0.226 e. The molecular formula is C26H34N4O4. The first kappa shape index (κ1) is 24.0. The van der Waals surface area contributed by atoms with Gasteiger partial charge < -0.3 is 24.6 Å². The van der Waals surface area contributed by atoms with Gasteiger partial charge in [-0.3, -0.25) is 9.59 Å². The van der Waals surface area contributed by atoms with Crippen LogP contribution in [0.1, 0.15) is 31.7 Å². The molecule has 182 valence electrons. The average molecular weight is 467 g/mol. The Morgan fingerprint density at radius 2 is 2.00 bits per heavy atom. The number of nitrogens with zero attached hydrogens (tertiary/aromatic N) is 3. The van der Waals surface area contributed by atoms with Crippen molar-refractivity contribution in [3.8, 4) is 5.75 Å². The Hall–Kier alpha value is -3.13. The van der Waals surface area contributed by atoms with Crippen LogP contribution >= 0.6 is 0 Å². The lowest BCUT2D eigenvalue weighted by atomic mass is 9.96. The van der Waals surface area contributed by atoms with Crippen LogP contribution in [0.5, 0.6) is 5.75 Å². The third-order valence-electron chi connectivity index (χ3n) is 6.31. The van der Waals surface area contributed by atoms with Gasteiger partial charge in [-0.2, -0.15) is 0 Å². The van der Waals surface area contributed by atoms with Crippen LogP contribution in [-0.4, -0.2) is 67.2 Å². The molecule has 34 heavy (non-hydrogen) atoms. The van der Waals surface area contributed by atoms with Gasteiger partial charge in [0.1, 0.15) is 11.6 Å². The van der Waals surface area contributed by atoms with Gasteiger partial charge in [-0.15, -0.1) is 0 Å². The number of ether oxygens (including phenoxy) is 2. The minimum Gasteiger partial charge on any atom is -0.493 e. The SMILES string of the molecule is CC1CN(c2ccc(CNC(=O)C3CCCN(C(=O)CCOc4ccccc4)C3)cn2)CCO1. The highest BCUT2D eigenvalue weighted by atomic mass is 16.5. The molecule has 3 heterocycles. The van der Waals surface area contributed by atoms with E-state index in [-0.39, 0.29) is 23.8 Å². The summed E-state index contributed by atoms with van der Waals surface area (Å²) >= 11 is 0. The van der Waals surface area contributed by atoms with E-state index < -0.39 is 0 Å². The summed E-state index contributed by atoms with van der Waals surface area (Å²) in [7, 11) is 0. The standard InChI is InChI=1S/C26H34N4O4/c1-20-18-29(13-15-33-20)24-10-9-21(16-27-24)17-28-26(32)22-6-5-12-30(19-22)25(31)11-14-34-23-7-3-2-4-8-23/h2-4,7-10,16,20,22H,5-6,11-15,17-19H2,1H3,(H,28,32). The van der Waals surface area contributed by atoms with E-state index in [0.717, 1.165) is 43.1 Å². The summed E-state index contributed by atoms with van der Waals surface area (Å²) in [5.74, 6) is 1.53. The molecule has 2 aliphatic rings. The summed E-state index contributed by atoms with van der Waals surface area (Å²) in [5, 5.41) is 3.02. The highest BCUT2D eigenvalue weighted by Gasteiger charge is 2.28. The monoisotopic (exact) mass is 466 g/mol. The summed E-state index contributed by atoms with van der Waals surface area (Å²) in [6, 6.07) is 13.5. The van der Waals surface area contributed by atoms with E-state index >= 15 is 0 Å². The van der Waals surface area contributed by atoms with Crippen LogP contribution in [0.2, 0.25) is 0 Å². The Balaban J connectivity index is 1.20. The van der Waals surface area contributed by atoms with Gasteiger partial charge in [-0.25, -0.2) is 4.98 Å². The normalized spacial score (nSPS) is 20.6. The Kier molecular flexibility index (Phi) is 8.36. The minimum atomic E-state index is -0.185. The van der Waals surface area contributed by atoms with Crippen molar-refractivity contribution in [2.75, 3.05) is 44.3 Å². The van der Waals surface area contributed by atoms with Crippen molar-refractivity contribution in [2.45, 2.75) is 38.8 Å². The number of anilines is 1. The molecule has 8 heteroatoms. The van der Waals surface area contributed by atoms with E-state index in [1.807, 2.05) is 48.7 Å².